The molecule has 2 aliphatic carbocycles. The normalized spacial score (nSPS) is 27.2. The van der Waals surface area contributed by atoms with E-state index in [0.717, 1.165) is 31.2 Å². The second kappa shape index (κ2) is 7.41. The summed E-state index contributed by atoms with van der Waals surface area (Å²) in [5, 5.41) is 18.2. The zero-order chi connectivity index (χ0) is 21.8. The number of phenols is 1. The third kappa shape index (κ3) is 3.48. The first-order chi connectivity index (χ1) is 14.8. The third-order valence-corrected chi connectivity index (χ3v) is 8.28. The molecule has 1 saturated carbocycles. The average Bonchev–Trinajstić information content (AvgIpc) is 2.72. The molecule has 2 bridgehead atoms. The molecule has 166 valence electrons. The molecular weight excluding hydrogens is 410 g/mol. The number of rotatable bonds is 4. The fraction of sp³-hybridized carbons (Fsp3) is 0.500. The highest BCUT2D eigenvalue weighted by Crippen LogP contribution is 2.56. The van der Waals surface area contributed by atoms with Gasteiger partial charge in [-0.15, -0.1) is 0 Å². The Balaban J connectivity index is 1.58. The lowest BCUT2D eigenvalue weighted by Crippen LogP contribution is -2.59. The molecule has 2 aromatic rings. The molecule has 3 atom stereocenters. The van der Waals surface area contributed by atoms with Gasteiger partial charge in [0.05, 0.1) is 23.3 Å². The molecule has 31 heavy (non-hydrogen) atoms. The Morgan fingerprint density at radius 2 is 1.94 bits per heavy atom. The van der Waals surface area contributed by atoms with Crippen LogP contribution < -0.4 is 15.4 Å². The lowest BCUT2D eigenvalue weighted by molar-refractivity contribution is 0.0793. The second-order valence-electron chi connectivity index (χ2n) is 9.49. The number of benzene rings is 2. The molecule has 3 aliphatic rings. The molecule has 0 aromatic heterocycles. The van der Waals surface area contributed by atoms with Gasteiger partial charge in [-0.2, -0.15) is 0 Å². The molecule has 5 rings (SSSR count). The van der Waals surface area contributed by atoms with E-state index in [0.29, 0.717) is 29.0 Å². The molecular formula is C24H31N3O3S. The van der Waals surface area contributed by atoms with Crippen molar-refractivity contribution >= 4 is 27.1 Å². The number of piperidine rings is 1. The van der Waals surface area contributed by atoms with Gasteiger partial charge in [0.25, 0.3) is 0 Å². The number of hydrogen-bond donors (Lipinski definition) is 4. The first-order valence-corrected chi connectivity index (χ1v) is 13.1. The van der Waals surface area contributed by atoms with Crippen LogP contribution in [0.5, 0.6) is 5.75 Å². The van der Waals surface area contributed by atoms with E-state index < -0.39 is 10.0 Å². The van der Waals surface area contributed by atoms with Crippen LogP contribution in [-0.2, 0) is 21.9 Å². The van der Waals surface area contributed by atoms with E-state index in [1.807, 2.05) is 18.2 Å². The lowest BCUT2D eigenvalue weighted by Gasteiger charge is -2.56. The van der Waals surface area contributed by atoms with Gasteiger partial charge < -0.3 is 15.7 Å². The van der Waals surface area contributed by atoms with Crippen LogP contribution >= 0.6 is 0 Å². The Hall–Kier alpha value is -2.25. The zero-order valence-electron chi connectivity index (χ0n) is 18.2. The monoisotopic (exact) mass is 441 g/mol. The van der Waals surface area contributed by atoms with Crippen LogP contribution in [0, 0.1) is 12.8 Å². The Morgan fingerprint density at radius 3 is 2.71 bits per heavy atom. The van der Waals surface area contributed by atoms with E-state index >= 15 is 0 Å². The van der Waals surface area contributed by atoms with Gasteiger partial charge >= 0.3 is 0 Å². The highest BCUT2D eigenvalue weighted by molar-refractivity contribution is 7.92. The SMILES string of the molecule is Cc1c2c(cc(O)c1Nc1ccccc1NS(C)(=O)=O)[C@@]13CCCC[C@H]1[C@@H](C2)NCC3. The van der Waals surface area contributed by atoms with Crippen molar-refractivity contribution in [1.82, 2.24) is 5.32 Å². The van der Waals surface area contributed by atoms with Gasteiger partial charge in [-0.1, -0.05) is 25.0 Å². The minimum absolute atomic E-state index is 0.179. The minimum atomic E-state index is -3.41. The van der Waals surface area contributed by atoms with Crippen molar-refractivity contribution in [3.8, 4) is 5.75 Å². The first kappa shape index (κ1) is 20.6. The number of fused-ring (bicyclic) bond motifs is 1. The lowest BCUT2D eigenvalue weighted by atomic mass is 9.52. The maximum Gasteiger partial charge on any atom is 0.229 e. The molecule has 1 saturated heterocycles. The fourth-order valence-corrected chi connectivity index (χ4v) is 6.99. The Kier molecular flexibility index (Phi) is 4.94. The van der Waals surface area contributed by atoms with Crippen LogP contribution in [0.2, 0.25) is 0 Å². The molecule has 1 aliphatic heterocycles. The van der Waals surface area contributed by atoms with Crippen LogP contribution in [0.1, 0.15) is 48.8 Å². The summed E-state index contributed by atoms with van der Waals surface area (Å²) in [5.41, 5.74) is 5.66. The van der Waals surface area contributed by atoms with E-state index in [4.69, 9.17) is 0 Å². The highest BCUT2D eigenvalue weighted by Gasteiger charge is 2.52. The van der Waals surface area contributed by atoms with Gasteiger partial charge in [0, 0.05) is 11.5 Å². The molecule has 6 nitrogen and oxygen atoms in total. The summed E-state index contributed by atoms with van der Waals surface area (Å²) < 4.78 is 26.1. The van der Waals surface area contributed by atoms with Crippen LogP contribution in [0.25, 0.3) is 0 Å². The highest BCUT2D eigenvalue weighted by atomic mass is 32.2. The zero-order valence-corrected chi connectivity index (χ0v) is 19.0. The van der Waals surface area contributed by atoms with Crippen LogP contribution in [0.15, 0.2) is 30.3 Å². The summed E-state index contributed by atoms with van der Waals surface area (Å²) in [7, 11) is -3.41. The Labute approximate surface area is 184 Å². The quantitative estimate of drug-likeness (QED) is 0.535. The predicted octanol–water partition coefficient (Wildman–Crippen LogP) is 4.16. The van der Waals surface area contributed by atoms with Gasteiger partial charge in [-0.3, -0.25) is 4.72 Å². The minimum Gasteiger partial charge on any atom is -0.506 e. The standard InChI is InChI=1S/C24H31N3O3S/c1-15-16-13-21-17-7-5-6-10-24(17,11-12-25-21)18(16)14-22(28)23(15)26-19-8-3-4-9-20(19)27-31(2,29)30/h3-4,8-9,14,17,21,25-28H,5-7,10-13H2,1-2H3/t17-,21+,24+/m0/s1. The number of anilines is 3. The van der Waals surface area contributed by atoms with Gasteiger partial charge in [-0.05, 0) is 80.0 Å². The second-order valence-corrected chi connectivity index (χ2v) is 11.2. The number of para-hydroxylation sites is 2. The smallest absolute Gasteiger partial charge is 0.229 e. The average molecular weight is 442 g/mol. The third-order valence-electron chi connectivity index (χ3n) is 7.69. The van der Waals surface area contributed by atoms with E-state index in [-0.39, 0.29) is 11.2 Å². The van der Waals surface area contributed by atoms with Crippen molar-refractivity contribution in [2.24, 2.45) is 5.92 Å². The number of aromatic hydroxyl groups is 1. The molecule has 0 radical (unpaired) electrons. The Bertz CT molecular complexity index is 1130. The molecule has 2 fully saturated rings. The predicted molar refractivity (Wildman–Crippen MR) is 125 cm³/mol. The number of hydrogen-bond acceptors (Lipinski definition) is 5. The van der Waals surface area contributed by atoms with Gasteiger partial charge in [0.2, 0.25) is 10.0 Å². The maximum atomic E-state index is 11.8. The van der Waals surface area contributed by atoms with Crippen LogP contribution in [0.4, 0.5) is 17.1 Å². The molecule has 7 heteroatoms. The summed E-state index contributed by atoms with van der Waals surface area (Å²) in [4.78, 5) is 0. The van der Waals surface area contributed by atoms with E-state index in [1.165, 1.54) is 36.8 Å². The van der Waals surface area contributed by atoms with Crippen LogP contribution in [0.3, 0.4) is 0 Å². The number of phenolic OH excluding ortho intramolecular Hbond substituents is 1. The summed E-state index contributed by atoms with van der Waals surface area (Å²) in [6.45, 7) is 3.12. The van der Waals surface area contributed by atoms with Crippen molar-refractivity contribution in [2.45, 2.75) is 56.9 Å². The van der Waals surface area contributed by atoms with E-state index in [1.54, 1.807) is 12.1 Å². The van der Waals surface area contributed by atoms with E-state index in [2.05, 4.69) is 22.3 Å². The van der Waals surface area contributed by atoms with E-state index in [9.17, 15) is 13.5 Å². The molecule has 0 unspecified atom stereocenters. The van der Waals surface area contributed by atoms with Crippen molar-refractivity contribution < 1.29 is 13.5 Å². The van der Waals surface area contributed by atoms with Gasteiger partial charge in [0.15, 0.2) is 0 Å². The first-order valence-electron chi connectivity index (χ1n) is 11.2. The largest absolute Gasteiger partial charge is 0.506 e. The summed E-state index contributed by atoms with van der Waals surface area (Å²) in [6, 6.07) is 9.66. The summed E-state index contributed by atoms with van der Waals surface area (Å²) in [5.74, 6) is 0.890. The molecule has 0 amide bonds. The molecule has 1 heterocycles. The van der Waals surface area contributed by atoms with Crippen molar-refractivity contribution in [3.63, 3.8) is 0 Å². The molecule has 2 aromatic carbocycles. The number of nitrogens with one attached hydrogen (secondary N) is 3. The van der Waals surface area contributed by atoms with Crippen molar-refractivity contribution in [3.05, 3.63) is 47.0 Å². The number of sulfonamides is 1. The van der Waals surface area contributed by atoms with Crippen molar-refractivity contribution in [2.75, 3.05) is 22.8 Å². The van der Waals surface area contributed by atoms with Crippen LogP contribution in [-0.4, -0.2) is 32.4 Å². The Morgan fingerprint density at radius 1 is 1.16 bits per heavy atom. The maximum absolute atomic E-state index is 11.8. The van der Waals surface area contributed by atoms with Crippen molar-refractivity contribution in [1.29, 1.82) is 0 Å². The molecule has 4 N–H and O–H groups in total. The topological polar surface area (TPSA) is 90.5 Å². The van der Waals surface area contributed by atoms with Gasteiger partial charge in [0.1, 0.15) is 5.75 Å². The fourth-order valence-electron chi connectivity index (χ4n) is 6.41. The summed E-state index contributed by atoms with van der Waals surface area (Å²) >= 11 is 0. The summed E-state index contributed by atoms with van der Waals surface area (Å²) in [6.07, 6.45) is 8.27. The molecule has 0 spiro atoms. The van der Waals surface area contributed by atoms with Gasteiger partial charge in [-0.25, -0.2) is 8.42 Å².